The molecule has 0 amide bonds. The minimum absolute atomic E-state index is 0.0941. The van der Waals surface area contributed by atoms with Gasteiger partial charge in [0.2, 0.25) is 5.71 Å². The number of nitrogens with zero attached hydrogens (tertiary/aromatic N) is 4. The highest BCUT2D eigenvalue weighted by molar-refractivity contribution is 6.08. The second-order valence-corrected chi connectivity index (χ2v) is 9.50. The summed E-state index contributed by atoms with van der Waals surface area (Å²) in [6, 6.07) is 20.7. The van der Waals surface area contributed by atoms with Gasteiger partial charge in [0, 0.05) is 33.9 Å². The van der Waals surface area contributed by atoms with Crippen LogP contribution in [0.3, 0.4) is 0 Å². The molecule has 5 heteroatoms. The molecule has 0 saturated heterocycles. The lowest BCUT2D eigenvalue weighted by molar-refractivity contribution is 0.591. The van der Waals surface area contributed by atoms with E-state index in [9.17, 15) is 0 Å². The highest BCUT2D eigenvalue weighted by atomic mass is 16.3. The van der Waals surface area contributed by atoms with Gasteiger partial charge in [0.1, 0.15) is 16.9 Å². The van der Waals surface area contributed by atoms with E-state index in [1.54, 1.807) is 0 Å². The molecule has 2 aromatic carbocycles. The van der Waals surface area contributed by atoms with Crippen molar-refractivity contribution in [3.05, 3.63) is 84.3 Å². The van der Waals surface area contributed by atoms with Gasteiger partial charge in [0.15, 0.2) is 0 Å². The van der Waals surface area contributed by atoms with Gasteiger partial charge >= 0.3 is 0 Å². The minimum Gasteiger partial charge on any atom is -0.437 e. The smallest absolute Gasteiger partial charge is 0.227 e. The van der Waals surface area contributed by atoms with E-state index in [2.05, 4.69) is 83.8 Å². The van der Waals surface area contributed by atoms with E-state index < -0.39 is 0 Å². The van der Waals surface area contributed by atoms with Gasteiger partial charge in [-0.15, -0.1) is 0 Å². The van der Waals surface area contributed by atoms with E-state index >= 15 is 0 Å². The van der Waals surface area contributed by atoms with Crippen molar-refractivity contribution in [2.75, 3.05) is 0 Å². The third kappa shape index (κ3) is 3.04. The average molecular weight is 433 g/mol. The summed E-state index contributed by atoms with van der Waals surface area (Å²) in [5, 5.41) is 2.05. The van der Waals surface area contributed by atoms with E-state index in [1.807, 2.05) is 31.5 Å². The first kappa shape index (κ1) is 19.7. The Hall–Kier alpha value is -3.99. The minimum atomic E-state index is -0.0941. The van der Waals surface area contributed by atoms with E-state index in [1.165, 1.54) is 0 Å². The van der Waals surface area contributed by atoms with Gasteiger partial charge in [-0.25, -0.2) is 9.97 Å². The fraction of sp³-hybridized carbons (Fsp3) is 0.179. The Bertz CT molecular complexity index is 1650. The second-order valence-electron chi connectivity index (χ2n) is 9.50. The molecule has 0 spiro atoms. The highest BCUT2D eigenvalue weighted by Crippen LogP contribution is 2.39. The molecule has 0 aliphatic rings. The molecule has 0 radical (unpaired) electrons. The van der Waals surface area contributed by atoms with Crippen molar-refractivity contribution in [3.8, 4) is 17.1 Å². The van der Waals surface area contributed by atoms with Crippen molar-refractivity contribution in [1.29, 1.82) is 0 Å². The van der Waals surface area contributed by atoms with Crippen molar-refractivity contribution in [2.24, 2.45) is 0 Å². The predicted octanol–water partition coefficient (Wildman–Crippen LogP) is 6.99. The number of benzene rings is 2. The molecule has 33 heavy (non-hydrogen) atoms. The normalized spacial score (nSPS) is 12.2. The monoisotopic (exact) mass is 432 g/mol. The lowest BCUT2D eigenvalue weighted by Gasteiger charge is -2.21. The van der Waals surface area contributed by atoms with Crippen LogP contribution in [0.1, 0.15) is 32.0 Å². The first-order valence-electron chi connectivity index (χ1n) is 11.1. The van der Waals surface area contributed by atoms with Gasteiger partial charge in [0.05, 0.1) is 17.3 Å². The third-order valence-electron chi connectivity index (χ3n) is 6.13. The summed E-state index contributed by atoms with van der Waals surface area (Å²) in [5.74, 6) is 0.830. The number of fused-ring (bicyclic) bond motifs is 4. The van der Waals surface area contributed by atoms with E-state index in [0.717, 1.165) is 55.7 Å². The molecule has 0 aliphatic carbocycles. The van der Waals surface area contributed by atoms with Crippen LogP contribution in [0.25, 0.3) is 50.2 Å². The summed E-state index contributed by atoms with van der Waals surface area (Å²) in [5.41, 5.74) is 7.35. The topological polar surface area (TPSA) is 56.7 Å². The fourth-order valence-corrected chi connectivity index (χ4v) is 4.53. The molecular weight excluding hydrogens is 408 g/mol. The van der Waals surface area contributed by atoms with Gasteiger partial charge in [-0.05, 0) is 42.7 Å². The molecule has 0 fully saturated rings. The third-order valence-corrected chi connectivity index (χ3v) is 6.13. The maximum Gasteiger partial charge on any atom is 0.227 e. The molecule has 0 unspecified atom stereocenters. The number of hydrogen-bond acceptors (Lipinski definition) is 4. The lowest BCUT2D eigenvalue weighted by atomic mass is 9.87. The summed E-state index contributed by atoms with van der Waals surface area (Å²) in [6.45, 7) is 8.60. The van der Waals surface area contributed by atoms with Crippen molar-refractivity contribution < 1.29 is 4.42 Å². The summed E-state index contributed by atoms with van der Waals surface area (Å²) < 4.78 is 8.56. The molecule has 4 aromatic heterocycles. The van der Waals surface area contributed by atoms with Crippen LogP contribution in [-0.4, -0.2) is 19.5 Å². The standard InChI is InChI=1S/C28H24N4O/c1-17-13-14-20-19-11-8-12-21(25(19)33-27(20)30-17)26-31-23-16-29-15-22(28(2,3)4)24(23)32(26)18-9-6-5-7-10-18/h5-16H,1-4H3. The van der Waals surface area contributed by atoms with E-state index in [0.29, 0.717) is 5.71 Å². The molecule has 4 heterocycles. The van der Waals surface area contributed by atoms with E-state index in [-0.39, 0.29) is 5.41 Å². The maximum atomic E-state index is 6.32. The number of rotatable bonds is 2. The lowest BCUT2D eigenvalue weighted by Crippen LogP contribution is -2.14. The molecule has 6 rings (SSSR count). The Kier molecular flexibility index (Phi) is 4.18. The molecule has 0 saturated carbocycles. The van der Waals surface area contributed by atoms with Gasteiger partial charge in [-0.1, -0.05) is 51.1 Å². The second kappa shape index (κ2) is 7.01. The Balaban J connectivity index is 1.76. The van der Waals surface area contributed by atoms with Crippen LogP contribution < -0.4 is 0 Å². The van der Waals surface area contributed by atoms with Crippen molar-refractivity contribution >= 4 is 33.1 Å². The number of para-hydroxylation sites is 2. The van der Waals surface area contributed by atoms with Crippen molar-refractivity contribution in [1.82, 2.24) is 19.5 Å². The van der Waals surface area contributed by atoms with Crippen molar-refractivity contribution in [3.63, 3.8) is 0 Å². The van der Waals surface area contributed by atoms with Crippen LogP contribution in [-0.2, 0) is 5.41 Å². The summed E-state index contributed by atoms with van der Waals surface area (Å²) in [7, 11) is 0. The Morgan fingerprint density at radius 2 is 1.64 bits per heavy atom. The zero-order valence-corrected chi connectivity index (χ0v) is 19.1. The first-order chi connectivity index (χ1) is 15.9. The Morgan fingerprint density at radius 1 is 0.818 bits per heavy atom. The average Bonchev–Trinajstić information content (AvgIpc) is 3.36. The largest absolute Gasteiger partial charge is 0.437 e. The van der Waals surface area contributed by atoms with Crippen LogP contribution in [0.5, 0.6) is 0 Å². The van der Waals surface area contributed by atoms with Crippen LogP contribution in [0.4, 0.5) is 0 Å². The van der Waals surface area contributed by atoms with E-state index in [4.69, 9.17) is 9.40 Å². The number of pyridine rings is 2. The summed E-state index contributed by atoms with van der Waals surface area (Å²) >= 11 is 0. The van der Waals surface area contributed by atoms with Gasteiger partial charge in [0.25, 0.3) is 0 Å². The van der Waals surface area contributed by atoms with Gasteiger partial charge in [-0.2, -0.15) is 0 Å². The molecule has 162 valence electrons. The maximum absolute atomic E-state index is 6.32. The number of aryl methyl sites for hydroxylation is 1. The molecular formula is C28H24N4O. The van der Waals surface area contributed by atoms with Crippen LogP contribution in [0.2, 0.25) is 0 Å². The molecule has 0 N–H and O–H groups in total. The molecule has 6 aromatic rings. The quantitative estimate of drug-likeness (QED) is 0.296. The fourth-order valence-electron chi connectivity index (χ4n) is 4.53. The number of furan rings is 1. The van der Waals surface area contributed by atoms with Crippen molar-refractivity contribution in [2.45, 2.75) is 33.1 Å². The zero-order valence-electron chi connectivity index (χ0n) is 19.1. The van der Waals surface area contributed by atoms with Crippen LogP contribution >= 0.6 is 0 Å². The first-order valence-corrected chi connectivity index (χ1v) is 11.1. The summed E-state index contributed by atoms with van der Waals surface area (Å²) in [6.07, 6.45) is 3.80. The summed E-state index contributed by atoms with van der Waals surface area (Å²) in [4.78, 5) is 14.2. The zero-order chi connectivity index (χ0) is 22.7. The molecule has 0 atom stereocenters. The van der Waals surface area contributed by atoms with Gasteiger partial charge in [-0.3, -0.25) is 9.55 Å². The van der Waals surface area contributed by atoms with Crippen LogP contribution in [0.15, 0.2) is 77.5 Å². The Labute approximate surface area is 191 Å². The highest BCUT2D eigenvalue weighted by Gasteiger charge is 2.25. The Morgan fingerprint density at radius 3 is 2.42 bits per heavy atom. The number of aromatic nitrogens is 4. The molecule has 0 aliphatic heterocycles. The number of imidazole rings is 1. The predicted molar refractivity (Wildman–Crippen MR) is 133 cm³/mol. The molecule has 0 bridgehead atoms. The molecule has 5 nitrogen and oxygen atoms in total. The van der Waals surface area contributed by atoms with Crippen LogP contribution in [0, 0.1) is 6.92 Å². The number of hydrogen-bond donors (Lipinski definition) is 0. The van der Waals surface area contributed by atoms with Gasteiger partial charge < -0.3 is 4.42 Å². The SMILES string of the molecule is Cc1ccc2c(n1)oc1c(-c3nc4cncc(C(C)(C)C)c4n3-c3ccccc3)cccc12.